The Hall–Kier alpha value is 0.350. The van der Waals surface area contributed by atoms with Crippen LogP contribution in [-0.4, -0.2) is 55.3 Å². The van der Waals surface area contributed by atoms with E-state index < -0.39 is 10.4 Å². The first-order valence-corrected chi connectivity index (χ1v) is 10.1. The van der Waals surface area contributed by atoms with Crippen molar-refractivity contribution in [1.82, 2.24) is 0 Å². The summed E-state index contributed by atoms with van der Waals surface area (Å²) in [6.45, 7) is 2.28. The number of rotatable bonds is 11. The van der Waals surface area contributed by atoms with Crippen molar-refractivity contribution in [3.63, 3.8) is 0 Å². The first-order valence-electron chi connectivity index (χ1n) is 8.67. The van der Waals surface area contributed by atoms with E-state index in [1.165, 1.54) is 76.2 Å². The normalized spacial score (nSPS) is 10.5. The molecule has 0 radical (unpaired) electrons. The fourth-order valence-electron chi connectivity index (χ4n) is 2.46. The van der Waals surface area contributed by atoms with Gasteiger partial charge in [-0.25, -0.2) is 0 Å². The molecule has 0 atom stereocenters. The van der Waals surface area contributed by atoms with E-state index in [1.807, 2.05) is 0 Å². The standard InChI is InChI=1S/C18H30.Ca.H2O4S.2H/c1-2-3-4-5-6-7-8-9-10-12-15-18-16-13-11-14-17-18;;1-5(2,3)4;;/h11,13-14,16-17H,2-10,12,15H2,1H3;;(H2,1,2,3,4);;. The van der Waals surface area contributed by atoms with E-state index in [-0.39, 0.29) is 37.7 Å². The Morgan fingerprint density at radius 1 is 0.750 bits per heavy atom. The summed E-state index contributed by atoms with van der Waals surface area (Å²) in [6.07, 6.45) is 15.5. The third-order valence-electron chi connectivity index (χ3n) is 3.66. The summed E-state index contributed by atoms with van der Waals surface area (Å²) in [5, 5.41) is 0. The minimum atomic E-state index is -4.67. The molecular weight excluding hydrogens is 352 g/mol. The Morgan fingerprint density at radius 2 is 1.12 bits per heavy atom. The van der Waals surface area contributed by atoms with Gasteiger partial charge in [0.05, 0.1) is 0 Å². The molecule has 4 nitrogen and oxygen atoms in total. The summed E-state index contributed by atoms with van der Waals surface area (Å²) >= 11 is 0. The third kappa shape index (κ3) is 24.6. The Kier molecular flexibility index (Phi) is 20.1. The molecule has 24 heavy (non-hydrogen) atoms. The van der Waals surface area contributed by atoms with Crippen LogP contribution < -0.4 is 0 Å². The van der Waals surface area contributed by atoms with Gasteiger partial charge in [0.25, 0.3) is 0 Å². The van der Waals surface area contributed by atoms with E-state index >= 15 is 0 Å². The molecule has 0 aliphatic carbocycles. The molecule has 138 valence electrons. The molecule has 0 bridgehead atoms. The molecule has 0 heterocycles. The van der Waals surface area contributed by atoms with Crippen LogP contribution in [0.2, 0.25) is 0 Å². The van der Waals surface area contributed by atoms with Gasteiger partial charge in [-0.05, 0) is 18.4 Å². The van der Waals surface area contributed by atoms with Crippen molar-refractivity contribution in [3.05, 3.63) is 35.9 Å². The van der Waals surface area contributed by atoms with Crippen LogP contribution in [0.25, 0.3) is 0 Å². The van der Waals surface area contributed by atoms with Crippen molar-refractivity contribution >= 4 is 48.1 Å². The summed E-state index contributed by atoms with van der Waals surface area (Å²) in [4.78, 5) is 0. The maximum atomic E-state index is 8.74. The van der Waals surface area contributed by atoms with Crippen molar-refractivity contribution in [2.45, 2.75) is 77.6 Å². The van der Waals surface area contributed by atoms with Crippen LogP contribution in [0.4, 0.5) is 0 Å². The van der Waals surface area contributed by atoms with Gasteiger partial charge in [0, 0.05) is 0 Å². The SMILES string of the molecule is CCCCCCCCCCCCc1ccccc1.O=S(=O)(O)O.[CaH2]. The summed E-state index contributed by atoms with van der Waals surface area (Å²) in [6, 6.07) is 10.9. The van der Waals surface area contributed by atoms with Gasteiger partial charge in [-0.15, -0.1) is 0 Å². The van der Waals surface area contributed by atoms with Crippen molar-refractivity contribution in [3.8, 4) is 0 Å². The van der Waals surface area contributed by atoms with Crippen LogP contribution in [0, 0.1) is 0 Å². The van der Waals surface area contributed by atoms with E-state index in [9.17, 15) is 0 Å². The molecule has 0 aromatic heterocycles. The molecule has 1 rings (SSSR count). The quantitative estimate of drug-likeness (QED) is 0.331. The van der Waals surface area contributed by atoms with Crippen molar-refractivity contribution < 1.29 is 17.5 Å². The Balaban J connectivity index is 0. The molecule has 0 saturated heterocycles. The first kappa shape index (κ1) is 26.6. The number of benzene rings is 1. The number of unbranched alkanes of at least 4 members (excludes halogenated alkanes) is 9. The van der Waals surface area contributed by atoms with Crippen LogP contribution in [0.3, 0.4) is 0 Å². The summed E-state index contributed by atoms with van der Waals surface area (Å²) in [7, 11) is -4.67. The van der Waals surface area contributed by atoms with Crippen LogP contribution in [0.15, 0.2) is 30.3 Å². The van der Waals surface area contributed by atoms with Crippen molar-refractivity contribution in [2.75, 3.05) is 0 Å². The Bertz CT molecular complexity index is 455. The maximum absolute atomic E-state index is 8.74. The topological polar surface area (TPSA) is 74.6 Å². The molecule has 0 aliphatic heterocycles. The first-order chi connectivity index (χ1) is 10.9. The molecule has 1 aromatic carbocycles. The van der Waals surface area contributed by atoms with Crippen LogP contribution in [0.1, 0.15) is 76.7 Å². The Morgan fingerprint density at radius 3 is 1.54 bits per heavy atom. The van der Waals surface area contributed by atoms with E-state index in [4.69, 9.17) is 17.5 Å². The Labute approximate surface area is 178 Å². The van der Waals surface area contributed by atoms with Gasteiger partial charge in [-0.2, -0.15) is 8.42 Å². The van der Waals surface area contributed by atoms with Crippen LogP contribution >= 0.6 is 0 Å². The average molecular weight is 387 g/mol. The molecule has 1 aromatic rings. The van der Waals surface area contributed by atoms with E-state index in [0.717, 1.165) is 0 Å². The van der Waals surface area contributed by atoms with Crippen LogP contribution in [-0.2, 0) is 16.8 Å². The predicted molar refractivity (Wildman–Crippen MR) is 105 cm³/mol. The predicted octanol–water partition coefficient (Wildman–Crippen LogP) is 4.58. The van der Waals surface area contributed by atoms with Crippen molar-refractivity contribution in [1.29, 1.82) is 0 Å². The average Bonchev–Trinajstić information content (AvgIpc) is 2.48. The summed E-state index contributed by atoms with van der Waals surface area (Å²) < 4.78 is 31.6. The zero-order valence-electron chi connectivity index (χ0n) is 14.3. The second-order valence-electron chi connectivity index (χ2n) is 5.87. The fourth-order valence-corrected chi connectivity index (χ4v) is 2.46. The third-order valence-corrected chi connectivity index (χ3v) is 3.66. The van der Waals surface area contributed by atoms with Gasteiger partial charge in [0.15, 0.2) is 0 Å². The number of hydrogen-bond acceptors (Lipinski definition) is 2. The van der Waals surface area contributed by atoms with E-state index in [0.29, 0.717) is 0 Å². The fraction of sp³-hybridized carbons (Fsp3) is 0.667. The minimum absolute atomic E-state index is 0. The molecular formula is C18H34CaO4S. The number of hydrogen-bond donors (Lipinski definition) is 2. The van der Waals surface area contributed by atoms with Gasteiger partial charge in [0.1, 0.15) is 0 Å². The van der Waals surface area contributed by atoms with E-state index in [2.05, 4.69) is 37.3 Å². The second-order valence-corrected chi connectivity index (χ2v) is 6.76. The molecule has 0 saturated carbocycles. The van der Waals surface area contributed by atoms with Gasteiger partial charge in [-0.3, -0.25) is 9.11 Å². The molecule has 0 unspecified atom stereocenters. The van der Waals surface area contributed by atoms with Crippen molar-refractivity contribution in [2.24, 2.45) is 0 Å². The van der Waals surface area contributed by atoms with Gasteiger partial charge in [0.2, 0.25) is 0 Å². The number of aryl methyl sites for hydroxylation is 1. The molecule has 6 heteroatoms. The zero-order chi connectivity index (χ0) is 17.4. The van der Waals surface area contributed by atoms with Gasteiger partial charge < -0.3 is 0 Å². The molecule has 2 N–H and O–H groups in total. The monoisotopic (exact) mass is 386 g/mol. The molecule has 0 amide bonds. The molecule has 0 spiro atoms. The van der Waals surface area contributed by atoms with Crippen LogP contribution in [0.5, 0.6) is 0 Å². The second kappa shape index (κ2) is 18.2. The summed E-state index contributed by atoms with van der Waals surface area (Å²) in [5.41, 5.74) is 1.50. The summed E-state index contributed by atoms with van der Waals surface area (Å²) in [5.74, 6) is 0. The van der Waals surface area contributed by atoms with E-state index in [1.54, 1.807) is 0 Å². The zero-order valence-corrected chi connectivity index (χ0v) is 15.1. The molecule has 0 aliphatic rings. The molecule has 0 fully saturated rings. The van der Waals surface area contributed by atoms with Gasteiger partial charge in [-0.1, -0.05) is 95.0 Å². The van der Waals surface area contributed by atoms with Gasteiger partial charge >= 0.3 is 48.1 Å².